The molecular weight excluding hydrogens is 412 g/mol. The van der Waals surface area contributed by atoms with Crippen LogP contribution in [-0.4, -0.2) is 40.6 Å². The van der Waals surface area contributed by atoms with Crippen molar-refractivity contribution < 1.29 is 9.21 Å². The van der Waals surface area contributed by atoms with Crippen molar-refractivity contribution in [1.82, 2.24) is 15.1 Å². The normalized spacial score (nSPS) is 24.8. The summed E-state index contributed by atoms with van der Waals surface area (Å²) < 4.78 is 6.04. The van der Waals surface area contributed by atoms with Gasteiger partial charge in [0.2, 0.25) is 17.7 Å². The summed E-state index contributed by atoms with van der Waals surface area (Å²) >= 11 is 0. The maximum Gasteiger partial charge on any atom is 0.247 e. The first-order valence-electron chi connectivity index (χ1n) is 12.4. The highest BCUT2D eigenvalue weighted by Crippen LogP contribution is 2.39. The molecule has 1 aliphatic heterocycles. The van der Waals surface area contributed by atoms with E-state index in [-0.39, 0.29) is 11.8 Å². The number of amides is 1. The van der Waals surface area contributed by atoms with Crippen LogP contribution in [0.15, 0.2) is 40.3 Å². The van der Waals surface area contributed by atoms with Gasteiger partial charge in [-0.1, -0.05) is 43.2 Å². The molecule has 0 saturated carbocycles. The maximum absolute atomic E-state index is 11.5. The van der Waals surface area contributed by atoms with Crippen LogP contribution in [0.25, 0.3) is 11.5 Å². The molecule has 0 unspecified atom stereocenters. The molecule has 2 heterocycles. The third-order valence-electron chi connectivity index (χ3n) is 7.73. The molecule has 0 radical (unpaired) electrons. The lowest BCUT2D eigenvalue weighted by Crippen LogP contribution is -2.43. The fourth-order valence-corrected chi connectivity index (χ4v) is 5.54. The van der Waals surface area contributed by atoms with Crippen molar-refractivity contribution >= 4 is 5.91 Å². The summed E-state index contributed by atoms with van der Waals surface area (Å²) in [5, 5.41) is 8.65. The van der Waals surface area contributed by atoms with Gasteiger partial charge in [0.05, 0.1) is 0 Å². The number of rotatable bonds is 7. The SMILES string of the molecule is CC1=C[C@@H](CN2CCC(C(N)=O)CC2)[C@H](C(C)C)C[C@@H]1Cc1nnc(-c2ccc(C)cc2)o1. The minimum absolute atomic E-state index is 0.0503. The Morgan fingerprint density at radius 1 is 1.15 bits per heavy atom. The van der Waals surface area contributed by atoms with Crippen molar-refractivity contribution in [1.29, 1.82) is 0 Å². The summed E-state index contributed by atoms with van der Waals surface area (Å²) in [7, 11) is 0. The smallest absolute Gasteiger partial charge is 0.247 e. The molecule has 2 N–H and O–H groups in total. The van der Waals surface area contributed by atoms with Crippen molar-refractivity contribution in [3.63, 3.8) is 0 Å². The number of carbonyl (C=O) groups excluding carboxylic acids is 1. The molecule has 3 atom stereocenters. The number of primary amides is 1. The standard InChI is InChI=1S/C27H38N4O2/c1-17(2)24-14-22(15-25-29-30-27(33-25)21-7-5-18(3)6-8-21)19(4)13-23(24)16-31-11-9-20(10-12-31)26(28)32/h5-8,13,17,20,22-24H,9-12,14-16H2,1-4H3,(H2,28,32)/t22-,23+,24+/m1/s1. The van der Waals surface area contributed by atoms with Crippen molar-refractivity contribution in [3.8, 4) is 11.5 Å². The second kappa shape index (κ2) is 10.2. The van der Waals surface area contributed by atoms with E-state index in [9.17, 15) is 4.79 Å². The number of hydrogen-bond donors (Lipinski definition) is 1. The van der Waals surface area contributed by atoms with Gasteiger partial charge in [-0.25, -0.2) is 0 Å². The van der Waals surface area contributed by atoms with E-state index in [1.165, 1.54) is 11.1 Å². The van der Waals surface area contributed by atoms with E-state index in [0.29, 0.717) is 29.6 Å². The predicted octanol–water partition coefficient (Wildman–Crippen LogP) is 4.64. The van der Waals surface area contributed by atoms with Crippen LogP contribution < -0.4 is 5.73 Å². The fraction of sp³-hybridized carbons (Fsp3) is 0.593. The first kappa shape index (κ1) is 23.7. The van der Waals surface area contributed by atoms with Crippen molar-refractivity contribution in [3.05, 3.63) is 47.4 Å². The number of likely N-dealkylation sites (tertiary alicyclic amines) is 1. The quantitative estimate of drug-likeness (QED) is 0.621. The zero-order valence-electron chi connectivity index (χ0n) is 20.5. The summed E-state index contributed by atoms with van der Waals surface area (Å²) in [4.78, 5) is 14.0. The summed E-state index contributed by atoms with van der Waals surface area (Å²) in [6, 6.07) is 8.20. The topological polar surface area (TPSA) is 85.2 Å². The molecule has 1 saturated heterocycles. The van der Waals surface area contributed by atoms with Gasteiger partial charge in [-0.05, 0) is 82.0 Å². The van der Waals surface area contributed by atoms with E-state index >= 15 is 0 Å². The van der Waals surface area contributed by atoms with Crippen LogP contribution in [0.2, 0.25) is 0 Å². The molecule has 1 aliphatic carbocycles. The van der Waals surface area contributed by atoms with Crippen molar-refractivity contribution in [2.45, 2.75) is 53.4 Å². The highest BCUT2D eigenvalue weighted by molar-refractivity contribution is 5.76. The minimum atomic E-state index is -0.141. The van der Waals surface area contributed by atoms with Gasteiger partial charge in [0.25, 0.3) is 0 Å². The Morgan fingerprint density at radius 3 is 2.48 bits per heavy atom. The number of carbonyl (C=O) groups is 1. The van der Waals surface area contributed by atoms with Gasteiger partial charge in [0, 0.05) is 24.4 Å². The van der Waals surface area contributed by atoms with Gasteiger partial charge in [0.1, 0.15) is 0 Å². The molecule has 1 aromatic carbocycles. The summed E-state index contributed by atoms with van der Waals surface area (Å²) in [6.45, 7) is 12.0. The second-order valence-corrected chi connectivity index (χ2v) is 10.5. The third kappa shape index (κ3) is 5.72. The molecule has 6 nitrogen and oxygen atoms in total. The third-order valence-corrected chi connectivity index (χ3v) is 7.73. The Labute approximate surface area is 197 Å². The highest BCUT2D eigenvalue weighted by atomic mass is 16.4. The number of benzene rings is 1. The van der Waals surface area contributed by atoms with E-state index in [4.69, 9.17) is 10.2 Å². The molecule has 178 valence electrons. The highest BCUT2D eigenvalue weighted by Gasteiger charge is 2.34. The van der Waals surface area contributed by atoms with E-state index in [1.807, 2.05) is 12.1 Å². The number of piperidine rings is 1. The Bertz CT molecular complexity index is 970. The average Bonchev–Trinajstić information content (AvgIpc) is 3.24. The molecule has 2 aromatic rings. The number of aryl methyl sites for hydroxylation is 1. The summed E-state index contributed by atoms with van der Waals surface area (Å²) in [5.74, 6) is 3.42. The molecule has 33 heavy (non-hydrogen) atoms. The second-order valence-electron chi connectivity index (χ2n) is 10.5. The molecule has 1 amide bonds. The van der Waals surface area contributed by atoms with Crippen molar-refractivity contribution in [2.75, 3.05) is 19.6 Å². The van der Waals surface area contributed by atoms with E-state index in [1.54, 1.807) is 0 Å². The first-order chi connectivity index (χ1) is 15.8. The zero-order valence-corrected chi connectivity index (χ0v) is 20.5. The lowest BCUT2D eigenvalue weighted by molar-refractivity contribution is -0.123. The molecule has 4 rings (SSSR count). The monoisotopic (exact) mass is 450 g/mol. The summed E-state index contributed by atoms with van der Waals surface area (Å²) in [6.07, 6.45) is 6.21. The molecule has 1 fully saturated rings. The summed E-state index contributed by atoms with van der Waals surface area (Å²) in [5.41, 5.74) is 9.13. The number of allylic oxidation sites excluding steroid dienone is 1. The number of aromatic nitrogens is 2. The van der Waals surface area contributed by atoms with Gasteiger partial charge < -0.3 is 15.1 Å². The van der Waals surface area contributed by atoms with E-state index in [2.05, 4.69) is 61.0 Å². The van der Waals surface area contributed by atoms with Crippen LogP contribution in [0, 0.1) is 36.5 Å². The lowest BCUT2D eigenvalue weighted by Gasteiger charge is -2.40. The van der Waals surface area contributed by atoms with E-state index < -0.39 is 0 Å². The zero-order chi connectivity index (χ0) is 23.5. The molecule has 0 spiro atoms. The average molecular weight is 451 g/mol. The van der Waals surface area contributed by atoms with Crippen LogP contribution in [0.1, 0.15) is 51.5 Å². The lowest BCUT2D eigenvalue weighted by atomic mass is 9.69. The first-order valence-corrected chi connectivity index (χ1v) is 12.4. The molecular formula is C27H38N4O2. The van der Waals surface area contributed by atoms with Gasteiger partial charge in [-0.2, -0.15) is 0 Å². The van der Waals surface area contributed by atoms with Gasteiger partial charge in [-0.15, -0.1) is 10.2 Å². The van der Waals surface area contributed by atoms with E-state index in [0.717, 1.165) is 56.8 Å². The fourth-order valence-electron chi connectivity index (χ4n) is 5.54. The number of hydrogen-bond acceptors (Lipinski definition) is 5. The Morgan fingerprint density at radius 2 is 1.85 bits per heavy atom. The molecule has 1 aromatic heterocycles. The minimum Gasteiger partial charge on any atom is -0.421 e. The molecule has 6 heteroatoms. The predicted molar refractivity (Wildman–Crippen MR) is 130 cm³/mol. The molecule has 2 aliphatic rings. The van der Waals surface area contributed by atoms with Crippen LogP contribution in [-0.2, 0) is 11.2 Å². The van der Waals surface area contributed by atoms with Crippen molar-refractivity contribution in [2.24, 2.45) is 35.3 Å². The Kier molecular flexibility index (Phi) is 7.32. The van der Waals surface area contributed by atoms with Crippen LogP contribution in [0.4, 0.5) is 0 Å². The van der Waals surface area contributed by atoms with Gasteiger partial charge >= 0.3 is 0 Å². The Hall–Kier alpha value is -2.47. The Balaban J connectivity index is 1.41. The van der Waals surface area contributed by atoms with Crippen LogP contribution in [0.5, 0.6) is 0 Å². The van der Waals surface area contributed by atoms with Crippen LogP contribution in [0.3, 0.4) is 0 Å². The largest absolute Gasteiger partial charge is 0.421 e. The van der Waals surface area contributed by atoms with Crippen LogP contribution >= 0.6 is 0 Å². The van der Waals surface area contributed by atoms with Gasteiger partial charge in [-0.3, -0.25) is 4.79 Å². The van der Waals surface area contributed by atoms with Gasteiger partial charge in [0.15, 0.2) is 0 Å². The molecule has 0 bridgehead atoms. The number of nitrogens with zero attached hydrogens (tertiary/aromatic N) is 3. The maximum atomic E-state index is 11.5. The number of nitrogens with two attached hydrogens (primary N) is 1.